The first-order valence-corrected chi connectivity index (χ1v) is 4.87. The molecule has 18 heavy (non-hydrogen) atoms. The van der Waals surface area contributed by atoms with Crippen molar-refractivity contribution in [3.8, 4) is 0 Å². The molecule has 1 aliphatic carbocycles. The predicted molar refractivity (Wildman–Crippen MR) is 56.5 cm³/mol. The summed E-state index contributed by atoms with van der Waals surface area (Å²) in [5, 5.41) is 29.2. The number of rotatable bonds is 4. The lowest BCUT2D eigenvalue weighted by Gasteiger charge is -2.20. The average Bonchev–Trinajstić information content (AvgIpc) is 2.21. The molecule has 0 amide bonds. The van der Waals surface area contributed by atoms with E-state index in [2.05, 4.69) is 4.84 Å². The summed E-state index contributed by atoms with van der Waals surface area (Å²) in [5.74, 6) is 0. The summed E-state index contributed by atoms with van der Waals surface area (Å²) in [5.41, 5.74) is -0.914. The molecule has 0 radical (unpaired) electrons. The molecule has 0 saturated carbocycles. The number of allylic oxidation sites excluding steroid dienone is 2. The van der Waals surface area contributed by atoms with Gasteiger partial charge in [0.05, 0.1) is 9.96 Å². The zero-order chi connectivity index (χ0) is 14.0. The van der Waals surface area contributed by atoms with Gasteiger partial charge >= 0.3 is 0 Å². The molecule has 0 aromatic rings. The Bertz CT molecular complexity index is 488. The first-order valence-electron chi connectivity index (χ1n) is 4.11. The lowest BCUT2D eigenvalue weighted by atomic mass is 10.0. The molecule has 0 N–H and O–H groups in total. The van der Waals surface area contributed by atoms with Crippen LogP contribution >= 0.6 is 23.2 Å². The van der Waals surface area contributed by atoms with Gasteiger partial charge in [0, 0.05) is 11.0 Å². The standard InChI is InChI=1S/C6H3Cl2N3O7/c7-2-1-3(9(12)13)6(18-11(16)17)5(4(2)8)10(14)15/h1,5-6H. The van der Waals surface area contributed by atoms with Gasteiger partial charge in [-0.3, -0.25) is 25.1 Å². The molecule has 0 spiro atoms. The quantitative estimate of drug-likeness (QED) is 0.558. The van der Waals surface area contributed by atoms with E-state index in [1.165, 1.54) is 0 Å². The van der Waals surface area contributed by atoms with Crippen LogP contribution in [0.1, 0.15) is 0 Å². The smallest absolute Gasteiger partial charge is 0.291 e. The van der Waals surface area contributed by atoms with Crippen molar-refractivity contribution in [1.29, 1.82) is 0 Å². The van der Waals surface area contributed by atoms with Crippen molar-refractivity contribution in [1.82, 2.24) is 0 Å². The maximum Gasteiger partial charge on any atom is 0.295 e. The van der Waals surface area contributed by atoms with Crippen LogP contribution in [0.5, 0.6) is 0 Å². The highest BCUT2D eigenvalue weighted by atomic mass is 35.5. The maximum atomic E-state index is 10.7. The third-order valence-corrected chi connectivity index (χ3v) is 2.81. The highest BCUT2D eigenvalue weighted by Gasteiger charge is 2.49. The van der Waals surface area contributed by atoms with Crippen LogP contribution in [0.15, 0.2) is 21.8 Å². The molecule has 1 rings (SSSR count). The van der Waals surface area contributed by atoms with E-state index < -0.39 is 42.8 Å². The van der Waals surface area contributed by atoms with Gasteiger partial charge in [0.1, 0.15) is 5.03 Å². The van der Waals surface area contributed by atoms with Gasteiger partial charge in [-0.05, 0) is 0 Å². The Morgan fingerprint density at radius 2 is 1.72 bits per heavy atom. The lowest BCUT2D eigenvalue weighted by molar-refractivity contribution is -0.778. The van der Waals surface area contributed by atoms with Crippen molar-refractivity contribution in [2.75, 3.05) is 0 Å². The van der Waals surface area contributed by atoms with Crippen LogP contribution in [0.3, 0.4) is 0 Å². The molecule has 1 aliphatic rings. The van der Waals surface area contributed by atoms with E-state index in [0.717, 1.165) is 0 Å². The molecular formula is C6H3Cl2N3O7. The van der Waals surface area contributed by atoms with Gasteiger partial charge in [0.25, 0.3) is 22.9 Å². The second-order valence-corrected chi connectivity index (χ2v) is 3.82. The molecule has 0 heterocycles. The molecule has 0 aliphatic heterocycles. The van der Waals surface area contributed by atoms with Crippen molar-refractivity contribution in [3.05, 3.63) is 52.2 Å². The Hall–Kier alpha value is -1.94. The topological polar surface area (TPSA) is 139 Å². The van der Waals surface area contributed by atoms with Crippen LogP contribution in [0.2, 0.25) is 0 Å². The van der Waals surface area contributed by atoms with E-state index in [-0.39, 0.29) is 0 Å². The van der Waals surface area contributed by atoms with E-state index in [0.29, 0.717) is 6.08 Å². The molecule has 12 heteroatoms. The van der Waals surface area contributed by atoms with Crippen molar-refractivity contribution in [2.24, 2.45) is 0 Å². The van der Waals surface area contributed by atoms with Gasteiger partial charge in [-0.15, -0.1) is 10.1 Å². The fourth-order valence-corrected chi connectivity index (χ4v) is 1.75. The number of nitrogens with zero attached hydrogens (tertiary/aromatic N) is 3. The highest BCUT2D eigenvalue weighted by Crippen LogP contribution is 2.33. The summed E-state index contributed by atoms with van der Waals surface area (Å²) in [6.07, 6.45) is -1.38. The molecule has 10 nitrogen and oxygen atoms in total. The summed E-state index contributed by atoms with van der Waals surface area (Å²) in [4.78, 5) is 33.5. The van der Waals surface area contributed by atoms with E-state index >= 15 is 0 Å². The lowest BCUT2D eigenvalue weighted by Crippen LogP contribution is -2.42. The van der Waals surface area contributed by atoms with Crippen molar-refractivity contribution in [2.45, 2.75) is 12.1 Å². The Balaban J connectivity index is 3.31. The zero-order valence-corrected chi connectivity index (χ0v) is 9.70. The van der Waals surface area contributed by atoms with Crippen molar-refractivity contribution in [3.63, 3.8) is 0 Å². The van der Waals surface area contributed by atoms with Crippen LogP contribution in [0.4, 0.5) is 0 Å². The van der Waals surface area contributed by atoms with Gasteiger partial charge in [-0.25, -0.2) is 0 Å². The average molecular weight is 300 g/mol. The predicted octanol–water partition coefficient (Wildman–Crippen LogP) is 1.07. The fraction of sp³-hybridized carbons (Fsp3) is 0.333. The summed E-state index contributed by atoms with van der Waals surface area (Å²) in [7, 11) is 0. The zero-order valence-electron chi connectivity index (χ0n) is 8.19. The number of halogens is 2. The van der Waals surface area contributed by atoms with Crippen LogP contribution in [-0.4, -0.2) is 27.1 Å². The van der Waals surface area contributed by atoms with E-state index in [4.69, 9.17) is 23.2 Å². The summed E-state index contributed by atoms with van der Waals surface area (Å²) < 4.78 is 0. The number of hydrogen-bond donors (Lipinski definition) is 0. The summed E-state index contributed by atoms with van der Waals surface area (Å²) in [6.45, 7) is 0. The van der Waals surface area contributed by atoms with Crippen molar-refractivity contribution < 1.29 is 19.8 Å². The first-order chi connectivity index (χ1) is 8.25. The van der Waals surface area contributed by atoms with Gasteiger partial charge in [0.2, 0.25) is 0 Å². The molecule has 0 aromatic heterocycles. The Labute approximate surface area is 108 Å². The minimum Gasteiger partial charge on any atom is -0.291 e. The normalized spacial score (nSPS) is 23.3. The SMILES string of the molecule is O=[N+]([O-])OC1C([N+](=O)[O-])=CC(Cl)=C(Cl)C1[N+](=O)[O-]. The van der Waals surface area contributed by atoms with Crippen LogP contribution < -0.4 is 0 Å². The molecule has 0 saturated heterocycles. The molecule has 2 unspecified atom stereocenters. The molecule has 98 valence electrons. The monoisotopic (exact) mass is 299 g/mol. The van der Waals surface area contributed by atoms with Gasteiger partial charge in [-0.1, -0.05) is 23.2 Å². The number of nitro groups is 2. The second kappa shape index (κ2) is 5.14. The molecule has 0 fully saturated rings. The third kappa shape index (κ3) is 2.65. The molecular weight excluding hydrogens is 297 g/mol. The minimum absolute atomic E-state index is 0.437. The minimum atomic E-state index is -2.06. The van der Waals surface area contributed by atoms with E-state index in [1.54, 1.807) is 0 Å². The van der Waals surface area contributed by atoms with Crippen molar-refractivity contribution >= 4 is 23.2 Å². The molecule has 2 atom stereocenters. The van der Waals surface area contributed by atoms with Crippen LogP contribution in [0.25, 0.3) is 0 Å². The number of hydrogen-bond acceptors (Lipinski definition) is 7. The Morgan fingerprint density at radius 3 is 2.11 bits per heavy atom. The summed E-state index contributed by atoms with van der Waals surface area (Å²) >= 11 is 11.0. The van der Waals surface area contributed by atoms with Crippen LogP contribution in [0, 0.1) is 30.3 Å². The van der Waals surface area contributed by atoms with E-state index in [1.807, 2.05) is 0 Å². The first kappa shape index (κ1) is 14.1. The maximum absolute atomic E-state index is 10.7. The fourth-order valence-electron chi connectivity index (χ4n) is 1.28. The van der Waals surface area contributed by atoms with Gasteiger partial charge in [0.15, 0.2) is 0 Å². The Kier molecular flexibility index (Phi) is 4.03. The molecule has 0 bridgehead atoms. The third-order valence-electron chi connectivity index (χ3n) is 1.98. The molecule has 0 aromatic carbocycles. The van der Waals surface area contributed by atoms with Gasteiger partial charge in [-0.2, -0.15) is 0 Å². The highest BCUT2D eigenvalue weighted by molar-refractivity contribution is 6.40. The summed E-state index contributed by atoms with van der Waals surface area (Å²) in [6, 6.07) is -2.00. The van der Waals surface area contributed by atoms with E-state index in [9.17, 15) is 30.3 Å². The second-order valence-electron chi connectivity index (χ2n) is 3.00. The Morgan fingerprint density at radius 1 is 1.17 bits per heavy atom. The van der Waals surface area contributed by atoms with Crippen LogP contribution in [-0.2, 0) is 4.84 Å². The van der Waals surface area contributed by atoms with Gasteiger partial charge < -0.3 is 0 Å². The largest absolute Gasteiger partial charge is 0.295 e.